The van der Waals surface area contributed by atoms with Crippen molar-refractivity contribution in [2.75, 3.05) is 20.3 Å². The summed E-state index contributed by atoms with van der Waals surface area (Å²) in [5.74, 6) is -0.557. The fourth-order valence-corrected chi connectivity index (χ4v) is 1.05. The van der Waals surface area contributed by atoms with Crippen molar-refractivity contribution in [3.8, 4) is 0 Å². The second kappa shape index (κ2) is 8.06. The molecule has 0 aromatic heterocycles. The Labute approximate surface area is 95.9 Å². The third-order valence-corrected chi connectivity index (χ3v) is 1.84. The fourth-order valence-electron chi connectivity index (χ4n) is 1.05. The van der Waals surface area contributed by atoms with E-state index in [4.69, 9.17) is 10.5 Å². The van der Waals surface area contributed by atoms with Gasteiger partial charge in [-0.05, 0) is 20.3 Å². The number of hydrogen-bond acceptors (Lipinski definition) is 4. The summed E-state index contributed by atoms with van der Waals surface area (Å²) in [7, 11) is 1.54. The van der Waals surface area contributed by atoms with E-state index in [0.29, 0.717) is 13.0 Å². The maximum Gasteiger partial charge on any atom is 0.239 e. The minimum Gasteiger partial charge on any atom is -0.385 e. The minimum absolute atomic E-state index is 0.0440. The van der Waals surface area contributed by atoms with Gasteiger partial charge in [0, 0.05) is 19.8 Å². The number of amides is 2. The van der Waals surface area contributed by atoms with E-state index in [-0.39, 0.29) is 24.4 Å². The zero-order valence-corrected chi connectivity index (χ0v) is 10.1. The summed E-state index contributed by atoms with van der Waals surface area (Å²) < 4.78 is 4.80. The lowest BCUT2D eigenvalue weighted by Gasteiger charge is -2.12. The number of methoxy groups -OCH3 is 1. The van der Waals surface area contributed by atoms with Crippen molar-refractivity contribution in [1.29, 1.82) is 0 Å². The minimum atomic E-state index is -0.633. The van der Waals surface area contributed by atoms with Crippen molar-refractivity contribution in [3.63, 3.8) is 0 Å². The van der Waals surface area contributed by atoms with Gasteiger partial charge in [0.2, 0.25) is 11.8 Å². The van der Waals surface area contributed by atoms with Gasteiger partial charge < -0.3 is 21.1 Å². The van der Waals surface area contributed by atoms with Crippen molar-refractivity contribution in [1.82, 2.24) is 10.6 Å². The highest BCUT2D eigenvalue weighted by molar-refractivity contribution is 5.87. The molecule has 1 atom stereocenters. The van der Waals surface area contributed by atoms with Crippen LogP contribution in [-0.2, 0) is 14.3 Å². The molecule has 94 valence electrons. The Balaban J connectivity index is 3.75. The van der Waals surface area contributed by atoms with E-state index in [2.05, 4.69) is 10.6 Å². The van der Waals surface area contributed by atoms with Crippen molar-refractivity contribution >= 4 is 11.8 Å². The van der Waals surface area contributed by atoms with Gasteiger partial charge in [-0.15, -0.1) is 0 Å². The number of nitrogens with one attached hydrogen (secondary N) is 2. The summed E-state index contributed by atoms with van der Waals surface area (Å²) in [4.78, 5) is 22.6. The monoisotopic (exact) mass is 231 g/mol. The van der Waals surface area contributed by atoms with Gasteiger partial charge in [-0.1, -0.05) is 0 Å². The van der Waals surface area contributed by atoms with Crippen LogP contribution in [0.4, 0.5) is 0 Å². The first-order valence-corrected chi connectivity index (χ1v) is 5.29. The summed E-state index contributed by atoms with van der Waals surface area (Å²) >= 11 is 0. The lowest BCUT2D eigenvalue weighted by molar-refractivity contribution is -0.127. The van der Waals surface area contributed by atoms with Crippen LogP contribution in [-0.4, -0.2) is 44.2 Å². The molecule has 0 spiro atoms. The van der Waals surface area contributed by atoms with Gasteiger partial charge in [0.05, 0.1) is 12.6 Å². The first-order chi connectivity index (χ1) is 7.47. The fraction of sp³-hybridized carbons (Fsp3) is 0.800. The van der Waals surface area contributed by atoms with Crippen molar-refractivity contribution in [2.24, 2.45) is 5.73 Å². The largest absolute Gasteiger partial charge is 0.385 e. The number of nitrogens with two attached hydrogens (primary N) is 1. The summed E-state index contributed by atoms with van der Waals surface area (Å²) in [6.45, 7) is 4.08. The SMILES string of the molecule is COCCC(N)C(=O)NCC(=O)NC(C)C. The second-order valence-corrected chi connectivity index (χ2v) is 3.83. The maximum absolute atomic E-state index is 11.4. The molecule has 0 fully saturated rings. The molecular weight excluding hydrogens is 210 g/mol. The zero-order chi connectivity index (χ0) is 12.6. The molecule has 0 aliphatic carbocycles. The number of rotatable bonds is 7. The molecule has 0 heterocycles. The third kappa shape index (κ3) is 7.19. The molecule has 0 aliphatic heterocycles. The van der Waals surface area contributed by atoms with E-state index in [1.807, 2.05) is 13.8 Å². The summed E-state index contributed by atoms with van der Waals surface area (Å²) in [5.41, 5.74) is 5.57. The van der Waals surface area contributed by atoms with E-state index in [1.54, 1.807) is 7.11 Å². The van der Waals surface area contributed by atoms with Gasteiger partial charge in [0.25, 0.3) is 0 Å². The number of carbonyl (C=O) groups excluding carboxylic acids is 2. The Morgan fingerprint density at radius 1 is 1.38 bits per heavy atom. The van der Waals surface area contributed by atoms with Crippen LogP contribution in [0.15, 0.2) is 0 Å². The Kier molecular flexibility index (Phi) is 7.49. The second-order valence-electron chi connectivity index (χ2n) is 3.83. The molecule has 0 aliphatic rings. The molecule has 0 saturated carbocycles. The summed E-state index contributed by atoms with van der Waals surface area (Å²) in [6, 6.07) is -0.571. The highest BCUT2D eigenvalue weighted by atomic mass is 16.5. The van der Waals surface area contributed by atoms with Crippen LogP contribution in [0.25, 0.3) is 0 Å². The molecule has 0 aromatic carbocycles. The zero-order valence-electron chi connectivity index (χ0n) is 10.1. The van der Waals surface area contributed by atoms with Crippen LogP contribution in [0, 0.1) is 0 Å². The lowest BCUT2D eigenvalue weighted by atomic mass is 10.2. The molecule has 4 N–H and O–H groups in total. The van der Waals surface area contributed by atoms with E-state index in [0.717, 1.165) is 0 Å². The van der Waals surface area contributed by atoms with Crippen LogP contribution in [0.1, 0.15) is 20.3 Å². The van der Waals surface area contributed by atoms with Gasteiger partial charge in [-0.2, -0.15) is 0 Å². The Morgan fingerprint density at radius 2 is 2.00 bits per heavy atom. The normalized spacial score (nSPS) is 12.3. The van der Waals surface area contributed by atoms with Gasteiger partial charge >= 0.3 is 0 Å². The number of carbonyl (C=O) groups is 2. The first-order valence-electron chi connectivity index (χ1n) is 5.29. The van der Waals surface area contributed by atoms with E-state index < -0.39 is 6.04 Å². The van der Waals surface area contributed by atoms with E-state index >= 15 is 0 Å². The first kappa shape index (κ1) is 14.9. The standard InChI is InChI=1S/C10H21N3O3/c1-7(2)13-9(14)6-12-10(15)8(11)4-5-16-3/h7-8H,4-6,11H2,1-3H3,(H,12,15)(H,13,14). The molecule has 0 bridgehead atoms. The molecule has 2 amide bonds. The highest BCUT2D eigenvalue weighted by Crippen LogP contribution is 1.88. The van der Waals surface area contributed by atoms with Crippen LogP contribution in [0.2, 0.25) is 0 Å². The Hall–Kier alpha value is -1.14. The molecule has 1 unspecified atom stereocenters. The summed E-state index contributed by atoms with van der Waals surface area (Å²) in [6.07, 6.45) is 0.439. The number of hydrogen-bond donors (Lipinski definition) is 3. The predicted octanol–water partition coefficient (Wildman–Crippen LogP) is -1.01. The van der Waals surface area contributed by atoms with Gasteiger partial charge in [0.15, 0.2) is 0 Å². The summed E-state index contributed by atoms with van der Waals surface area (Å²) in [5, 5.41) is 5.13. The lowest BCUT2D eigenvalue weighted by Crippen LogP contribution is -2.46. The topological polar surface area (TPSA) is 93.4 Å². The third-order valence-electron chi connectivity index (χ3n) is 1.84. The Bertz CT molecular complexity index is 231. The van der Waals surface area contributed by atoms with E-state index in [1.165, 1.54) is 0 Å². The molecule has 0 radical (unpaired) electrons. The maximum atomic E-state index is 11.4. The average Bonchev–Trinajstić information content (AvgIpc) is 2.21. The van der Waals surface area contributed by atoms with Crippen LogP contribution < -0.4 is 16.4 Å². The van der Waals surface area contributed by atoms with Crippen molar-refractivity contribution in [2.45, 2.75) is 32.4 Å². The smallest absolute Gasteiger partial charge is 0.239 e. The predicted molar refractivity (Wildman–Crippen MR) is 60.8 cm³/mol. The molecule has 0 saturated heterocycles. The van der Waals surface area contributed by atoms with Gasteiger partial charge in [0.1, 0.15) is 0 Å². The molecule has 0 aromatic rings. The molecule has 16 heavy (non-hydrogen) atoms. The quantitative estimate of drug-likeness (QED) is 0.523. The molecular formula is C10H21N3O3. The molecule has 0 rings (SSSR count). The number of ether oxygens (including phenoxy) is 1. The average molecular weight is 231 g/mol. The molecule has 6 nitrogen and oxygen atoms in total. The van der Waals surface area contributed by atoms with Gasteiger partial charge in [-0.25, -0.2) is 0 Å². The van der Waals surface area contributed by atoms with E-state index in [9.17, 15) is 9.59 Å². The Morgan fingerprint density at radius 3 is 2.50 bits per heavy atom. The van der Waals surface area contributed by atoms with Crippen molar-refractivity contribution < 1.29 is 14.3 Å². The molecule has 6 heteroatoms. The van der Waals surface area contributed by atoms with Crippen LogP contribution in [0.3, 0.4) is 0 Å². The van der Waals surface area contributed by atoms with Crippen molar-refractivity contribution in [3.05, 3.63) is 0 Å². The highest BCUT2D eigenvalue weighted by Gasteiger charge is 2.13. The van der Waals surface area contributed by atoms with Crippen LogP contribution in [0.5, 0.6) is 0 Å². The van der Waals surface area contributed by atoms with Crippen LogP contribution >= 0.6 is 0 Å². The van der Waals surface area contributed by atoms with Gasteiger partial charge in [-0.3, -0.25) is 9.59 Å².